The van der Waals surface area contributed by atoms with Crippen molar-refractivity contribution in [2.45, 2.75) is 6.54 Å². The summed E-state index contributed by atoms with van der Waals surface area (Å²) in [4.78, 5) is 18.1. The number of aromatic amines is 1. The molecule has 94 valence electrons. The maximum atomic E-state index is 13.5. The largest absolute Gasteiger partial charge is 0.396 e. The number of nitrogens with zero attached hydrogens (tertiary/aromatic N) is 1. The van der Waals surface area contributed by atoms with E-state index < -0.39 is 23.1 Å². The van der Waals surface area contributed by atoms with Crippen molar-refractivity contribution in [1.82, 2.24) is 15.3 Å². The van der Waals surface area contributed by atoms with Crippen LogP contribution in [0.3, 0.4) is 0 Å². The number of carbonyl (C=O) groups is 1. The van der Waals surface area contributed by atoms with Gasteiger partial charge < -0.3 is 16.0 Å². The van der Waals surface area contributed by atoms with E-state index in [4.69, 9.17) is 5.73 Å². The smallest absolute Gasteiger partial charge is 0.257 e. The van der Waals surface area contributed by atoms with Gasteiger partial charge in [0, 0.05) is 6.20 Å². The molecule has 0 unspecified atom stereocenters. The van der Waals surface area contributed by atoms with Crippen molar-refractivity contribution in [3.05, 3.63) is 47.5 Å². The number of nitrogen functional groups attached to an aromatic ring is 1. The summed E-state index contributed by atoms with van der Waals surface area (Å²) in [5.74, 6) is -2.88. The van der Waals surface area contributed by atoms with Crippen LogP contribution in [-0.4, -0.2) is 15.9 Å². The topological polar surface area (TPSA) is 83.8 Å². The van der Waals surface area contributed by atoms with Crippen molar-refractivity contribution in [3.63, 3.8) is 0 Å². The van der Waals surface area contributed by atoms with E-state index in [1.165, 1.54) is 12.5 Å². The molecule has 5 nitrogen and oxygen atoms in total. The lowest BCUT2D eigenvalue weighted by Crippen LogP contribution is -2.25. The van der Waals surface area contributed by atoms with Crippen molar-refractivity contribution < 1.29 is 13.6 Å². The van der Waals surface area contributed by atoms with E-state index in [0.29, 0.717) is 5.69 Å². The highest BCUT2D eigenvalue weighted by Crippen LogP contribution is 2.18. The van der Waals surface area contributed by atoms with Crippen molar-refractivity contribution in [1.29, 1.82) is 0 Å². The van der Waals surface area contributed by atoms with Crippen LogP contribution in [0.5, 0.6) is 0 Å². The molecule has 1 heterocycles. The highest BCUT2D eigenvalue weighted by atomic mass is 19.1. The molecule has 0 saturated heterocycles. The molecular formula is C11H10F2N4O. The normalized spacial score (nSPS) is 10.3. The standard InChI is InChI=1S/C11H10F2N4O/c12-7-1-2-8(14)10(13)9(7)11(18)16-4-6-3-15-5-17-6/h1-3,5H,4,14H2,(H,15,17)(H,16,18). The lowest BCUT2D eigenvalue weighted by atomic mass is 10.1. The maximum absolute atomic E-state index is 13.5. The molecule has 1 aromatic heterocycles. The quantitative estimate of drug-likeness (QED) is 0.718. The molecule has 0 aliphatic rings. The van der Waals surface area contributed by atoms with E-state index >= 15 is 0 Å². The highest BCUT2D eigenvalue weighted by Gasteiger charge is 2.19. The third-order valence-electron chi connectivity index (χ3n) is 2.34. The lowest BCUT2D eigenvalue weighted by molar-refractivity contribution is 0.0942. The average Bonchev–Trinajstić information content (AvgIpc) is 2.85. The Bertz CT molecular complexity index is 569. The molecule has 1 aromatic carbocycles. The van der Waals surface area contributed by atoms with Gasteiger partial charge in [-0.15, -0.1) is 0 Å². The molecule has 2 rings (SSSR count). The van der Waals surface area contributed by atoms with Crippen LogP contribution in [-0.2, 0) is 6.54 Å². The van der Waals surface area contributed by atoms with Crippen molar-refractivity contribution in [2.75, 3.05) is 5.73 Å². The number of hydrogen-bond acceptors (Lipinski definition) is 3. The highest BCUT2D eigenvalue weighted by molar-refractivity contribution is 5.95. The maximum Gasteiger partial charge on any atom is 0.257 e. The van der Waals surface area contributed by atoms with Gasteiger partial charge >= 0.3 is 0 Å². The van der Waals surface area contributed by atoms with Gasteiger partial charge in [-0.1, -0.05) is 0 Å². The van der Waals surface area contributed by atoms with Gasteiger partial charge in [0.1, 0.15) is 11.4 Å². The number of benzene rings is 1. The van der Waals surface area contributed by atoms with Crippen LogP contribution in [0.2, 0.25) is 0 Å². The number of halogens is 2. The third kappa shape index (κ3) is 2.29. The number of nitrogens with one attached hydrogen (secondary N) is 2. The van der Waals surface area contributed by atoms with Gasteiger partial charge in [0.2, 0.25) is 0 Å². The Kier molecular flexibility index (Phi) is 3.22. The molecule has 0 saturated carbocycles. The number of aromatic nitrogens is 2. The van der Waals surface area contributed by atoms with Gasteiger partial charge in [0.25, 0.3) is 5.91 Å². The Morgan fingerprint density at radius 3 is 2.89 bits per heavy atom. The molecule has 0 atom stereocenters. The van der Waals surface area contributed by atoms with E-state index in [2.05, 4.69) is 15.3 Å². The number of carbonyl (C=O) groups excluding carboxylic acids is 1. The molecule has 0 fully saturated rings. The van der Waals surface area contributed by atoms with E-state index in [9.17, 15) is 13.6 Å². The summed E-state index contributed by atoms with van der Waals surface area (Å²) in [7, 11) is 0. The van der Waals surface area contributed by atoms with Gasteiger partial charge in [-0.3, -0.25) is 4.79 Å². The van der Waals surface area contributed by atoms with Gasteiger partial charge in [0.15, 0.2) is 5.82 Å². The molecule has 1 amide bonds. The fourth-order valence-electron chi connectivity index (χ4n) is 1.42. The van der Waals surface area contributed by atoms with Crippen molar-refractivity contribution >= 4 is 11.6 Å². The van der Waals surface area contributed by atoms with Crippen LogP contribution in [0, 0.1) is 11.6 Å². The minimum Gasteiger partial charge on any atom is -0.396 e. The predicted octanol–water partition coefficient (Wildman–Crippen LogP) is 1.20. The zero-order valence-corrected chi connectivity index (χ0v) is 9.21. The van der Waals surface area contributed by atoms with Crippen LogP contribution in [0.1, 0.15) is 16.1 Å². The van der Waals surface area contributed by atoms with Crippen LogP contribution in [0.4, 0.5) is 14.5 Å². The first-order valence-electron chi connectivity index (χ1n) is 5.08. The Morgan fingerprint density at radius 1 is 1.44 bits per heavy atom. The molecule has 4 N–H and O–H groups in total. The molecular weight excluding hydrogens is 242 g/mol. The van der Waals surface area contributed by atoms with Crippen LogP contribution in [0.25, 0.3) is 0 Å². The van der Waals surface area contributed by atoms with E-state index in [1.807, 2.05) is 0 Å². The Morgan fingerprint density at radius 2 is 2.22 bits per heavy atom. The van der Waals surface area contributed by atoms with E-state index in [1.54, 1.807) is 0 Å². The molecule has 0 aliphatic carbocycles. The van der Waals surface area contributed by atoms with Crippen molar-refractivity contribution in [3.8, 4) is 0 Å². The molecule has 0 radical (unpaired) electrons. The number of H-pyrrole nitrogens is 1. The zero-order valence-electron chi connectivity index (χ0n) is 9.21. The molecule has 0 spiro atoms. The predicted molar refractivity (Wildman–Crippen MR) is 60.5 cm³/mol. The number of anilines is 1. The Balaban J connectivity index is 2.16. The number of rotatable bonds is 3. The number of amides is 1. The lowest BCUT2D eigenvalue weighted by Gasteiger charge is -2.07. The van der Waals surface area contributed by atoms with E-state index in [-0.39, 0.29) is 12.2 Å². The summed E-state index contributed by atoms with van der Waals surface area (Å²) >= 11 is 0. The van der Waals surface area contributed by atoms with Gasteiger partial charge in [-0.05, 0) is 12.1 Å². The summed E-state index contributed by atoms with van der Waals surface area (Å²) in [6.45, 7) is 0.0898. The first-order valence-corrected chi connectivity index (χ1v) is 5.08. The molecule has 2 aromatic rings. The molecule has 0 aliphatic heterocycles. The third-order valence-corrected chi connectivity index (χ3v) is 2.34. The second kappa shape index (κ2) is 4.82. The number of imidazole rings is 1. The van der Waals surface area contributed by atoms with Crippen LogP contribution < -0.4 is 11.1 Å². The fourth-order valence-corrected chi connectivity index (χ4v) is 1.42. The van der Waals surface area contributed by atoms with Crippen LogP contribution >= 0.6 is 0 Å². The number of nitrogens with two attached hydrogens (primary N) is 1. The zero-order chi connectivity index (χ0) is 13.1. The van der Waals surface area contributed by atoms with Gasteiger partial charge in [-0.25, -0.2) is 13.8 Å². The molecule has 18 heavy (non-hydrogen) atoms. The molecule has 0 bridgehead atoms. The van der Waals surface area contributed by atoms with E-state index in [0.717, 1.165) is 12.1 Å². The monoisotopic (exact) mass is 252 g/mol. The minimum absolute atomic E-state index is 0.0898. The minimum atomic E-state index is -1.06. The van der Waals surface area contributed by atoms with Crippen molar-refractivity contribution in [2.24, 2.45) is 0 Å². The summed E-state index contributed by atoms with van der Waals surface area (Å²) in [6, 6.07) is 2.01. The average molecular weight is 252 g/mol. The first-order chi connectivity index (χ1) is 8.59. The fraction of sp³-hybridized carbons (Fsp3) is 0.0909. The Labute approximate surface area is 101 Å². The second-order valence-electron chi connectivity index (χ2n) is 3.59. The summed E-state index contributed by atoms with van der Waals surface area (Å²) in [5.41, 5.74) is 4.94. The van der Waals surface area contributed by atoms with Crippen LogP contribution in [0.15, 0.2) is 24.7 Å². The van der Waals surface area contributed by atoms with Gasteiger partial charge in [0.05, 0.1) is 24.3 Å². The SMILES string of the molecule is Nc1ccc(F)c(C(=O)NCc2cnc[nH]2)c1F. The summed E-state index contributed by atoms with van der Waals surface area (Å²) in [5, 5.41) is 2.36. The number of hydrogen-bond donors (Lipinski definition) is 3. The Hall–Kier alpha value is -2.44. The first kappa shape index (κ1) is 12.0. The van der Waals surface area contributed by atoms with Gasteiger partial charge in [-0.2, -0.15) is 0 Å². The molecule has 7 heteroatoms. The second-order valence-corrected chi connectivity index (χ2v) is 3.59. The summed E-state index contributed by atoms with van der Waals surface area (Å²) < 4.78 is 26.9. The summed E-state index contributed by atoms with van der Waals surface area (Å²) in [6.07, 6.45) is 2.93.